The summed E-state index contributed by atoms with van der Waals surface area (Å²) in [5.41, 5.74) is 0.874. The quantitative estimate of drug-likeness (QED) is 0.708. The van der Waals surface area contributed by atoms with Crippen LogP contribution in [0, 0.1) is 5.41 Å². The number of rotatable bonds is 4. The zero-order valence-corrected chi connectivity index (χ0v) is 18.1. The van der Waals surface area contributed by atoms with Gasteiger partial charge in [0.15, 0.2) is 0 Å². The van der Waals surface area contributed by atoms with Crippen LogP contribution in [0.1, 0.15) is 29.8 Å². The zero-order chi connectivity index (χ0) is 24.1. The van der Waals surface area contributed by atoms with Crippen molar-refractivity contribution in [1.29, 1.82) is 0 Å². The number of nitrogens with zero attached hydrogens (tertiary/aromatic N) is 4. The minimum atomic E-state index is -5.08. The Morgan fingerprint density at radius 2 is 1.88 bits per heavy atom. The van der Waals surface area contributed by atoms with Gasteiger partial charge in [0.2, 0.25) is 5.95 Å². The SMILES string of the molecule is COCC1CC2(CCN(C(=O)c3ccc[nH]3)CC2)CN1c1ncccn1.O=C(O)C(F)(F)F. The van der Waals surface area contributed by atoms with E-state index in [0.29, 0.717) is 12.3 Å². The Labute approximate surface area is 188 Å². The van der Waals surface area contributed by atoms with E-state index in [4.69, 9.17) is 14.6 Å². The Morgan fingerprint density at radius 1 is 1.24 bits per heavy atom. The molecule has 2 aromatic rings. The molecule has 4 heterocycles. The van der Waals surface area contributed by atoms with E-state index in [-0.39, 0.29) is 17.4 Å². The second-order valence-electron chi connectivity index (χ2n) is 8.17. The normalized spacial score (nSPS) is 19.8. The summed E-state index contributed by atoms with van der Waals surface area (Å²) in [4.78, 5) is 37.6. The van der Waals surface area contributed by atoms with Crippen molar-refractivity contribution in [3.63, 3.8) is 0 Å². The van der Waals surface area contributed by atoms with Gasteiger partial charge in [0.05, 0.1) is 12.6 Å². The fourth-order valence-corrected chi connectivity index (χ4v) is 4.36. The van der Waals surface area contributed by atoms with Gasteiger partial charge in [-0.25, -0.2) is 14.8 Å². The molecule has 2 N–H and O–H groups in total. The van der Waals surface area contributed by atoms with Crippen LogP contribution >= 0.6 is 0 Å². The summed E-state index contributed by atoms with van der Waals surface area (Å²) in [6.45, 7) is 3.18. The van der Waals surface area contributed by atoms with Crippen LogP contribution in [0.2, 0.25) is 0 Å². The number of carboxylic acid groups (broad SMARTS) is 1. The lowest BCUT2D eigenvalue weighted by Gasteiger charge is -2.39. The second-order valence-corrected chi connectivity index (χ2v) is 8.17. The monoisotopic (exact) mass is 469 g/mol. The highest BCUT2D eigenvalue weighted by Crippen LogP contribution is 2.44. The number of alkyl halides is 3. The van der Waals surface area contributed by atoms with Gasteiger partial charge in [0.1, 0.15) is 5.69 Å². The molecule has 0 aromatic carbocycles. The van der Waals surface area contributed by atoms with Crippen molar-refractivity contribution in [2.45, 2.75) is 31.5 Å². The van der Waals surface area contributed by atoms with E-state index in [1.54, 1.807) is 25.7 Å². The van der Waals surface area contributed by atoms with E-state index in [9.17, 15) is 18.0 Å². The number of hydrogen-bond donors (Lipinski definition) is 2. The van der Waals surface area contributed by atoms with E-state index in [1.807, 2.05) is 23.1 Å². The molecular weight excluding hydrogens is 443 g/mol. The number of piperidine rings is 1. The highest BCUT2D eigenvalue weighted by Gasteiger charge is 2.47. The molecule has 0 radical (unpaired) electrons. The first-order valence-electron chi connectivity index (χ1n) is 10.4. The Bertz CT molecular complexity index is 916. The standard InChI is InChI=1S/C19H25N5O2.C2HF3O2/c1-26-13-15-12-19(14-24(15)18-21-8-3-9-22-18)5-10-23(11-6-19)17(25)16-4-2-7-20-16;3-2(4,5)1(6)7/h2-4,7-9,15,20H,5-6,10-14H2,1H3;(H,6,7). The average molecular weight is 469 g/mol. The Hall–Kier alpha value is -3.15. The van der Waals surface area contributed by atoms with Crippen LogP contribution in [-0.2, 0) is 9.53 Å². The number of methoxy groups -OCH3 is 1. The third kappa shape index (κ3) is 6.01. The minimum Gasteiger partial charge on any atom is -0.475 e. The second kappa shape index (κ2) is 10.2. The topological polar surface area (TPSA) is 112 Å². The van der Waals surface area contributed by atoms with Crippen LogP contribution in [0.3, 0.4) is 0 Å². The Morgan fingerprint density at radius 3 is 2.39 bits per heavy atom. The summed E-state index contributed by atoms with van der Waals surface area (Å²) in [6, 6.07) is 5.83. The van der Waals surface area contributed by atoms with Crippen molar-refractivity contribution in [2.75, 3.05) is 38.3 Å². The van der Waals surface area contributed by atoms with E-state index in [2.05, 4.69) is 19.9 Å². The number of halogens is 3. The maximum Gasteiger partial charge on any atom is 0.490 e. The highest BCUT2D eigenvalue weighted by atomic mass is 19.4. The molecule has 2 saturated heterocycles. The molecule has 2 aliphatic rings. The predicted molar refractivity (Wildman–Crippen MR) is 112 cm³/mol. The fourth-order valence-electron chi connectivity index (χ4n) is 4.36. The van der Waals surface area contributed by atoms with Crippen molar-refractivity contribution >= 4 is 17.8 Å². The molecule has 2 aliphatic heterocycles. The first-order chi connectivity index (χ1) is 15.6. The number of amides is 1. The first-order valence-corrected chi connectivity index (χ1v) is 10.4. The summed E-state index contributed by atoms with van der Waals surface area (Å²) in [6.07, 6.45) is 3.35. The third-order valence-corrected chi connectivity index (χ3v) is 5.97. The van der Waals surface area contributed by atoms with Crippen LogP contribution in [-0.4, -0.2) is 82.4 Å². The maximum atomic E-state index is 12.6. The molecule has 0 bridgehead atoms. The summed E-state index contributed by atoms with van der Waals surface area (Å²) < 4.78 is 37.2. The lowest BCUT2D eigenvalue weighted by Crippen LogP contribution is -2.44. The van der Waals surface area contributed by atoms with E-state index >= 15 is 0 Å². The zero-order valence-electron chi connectivity index (χ0n) is 18.1. The number of ether oxygens (including phenoxy) is 1. The highest BCUT2D eigenvalue weighted by molar-refractivity contribution is 5.92. The van der Waals surface area contributed by atoms with Gasteiger partial charge >= 0.3 is 12.1 Å². The molecule has 9 nitrogen and oxygen atoms in total. The number of aromatic nitrogens is 3. The van der Waals surface area contributed by atoms with Gasteiger partial charge in [-0.15, -0.1) is 0 Å². The molecule has 180 valence electrons. The average Bonchev–Trinajstić information content (AvgIpc) is 3.44. The van der Waals surface area contributed by atoms with Crippen LogP contribution < -0.4 is 4.90 Å². The summed E-state index contributed by atoms with van der Waals surface area (Å²) in [7, 11) is 1.74. The van der Waals surface area contributed by atoms with Crippen molar-refractivity contribution in [1.82, 2.24) is 19.9 Å². The van der Waals surface area contributed by atoms with Crippen molar-refractivity contribution < 1.29 is 32.6 Å². The van der Waals surface area contributed by atoms with Crippen LogP contribution in [0.5, 0.6) is 0 Å². The molecule has 0 saturated carbocycles. The van der Waals surface area contributed by atoms with Gasteiger partial charge in [-0.1, -0.05) is 0 Å². The van der Waals surface area contributed by atoms with E-state index < -0.39 is 12.1 Å². The number of carboxylic acids is 1. The molecule has 1 unspecified atom stereocenters. The summed E-state index contributed by atoms with van der Waals surface area (Å²) >= 11 is 0. The Balaban J connectivity index is 0.000000383. The molecule has 33 heavy (non-hydrogen) atoms. The number of carbonyl (C=O) groups excluding carboxylic acids is 1. The first kappa shape index (κ1) is 24.5. The molecule has 4 rings (SSSR count). The smallest absolute Gasteiger partial charge is 0.475 e. The van der Waals surface area contributed by atoms with Gasteiger partial charge in [-0.2, -0.15) is 13.2 Å². The van der Waals surface area contributed by atoms with Gasteiger partial charge in [0.25, 0.3) is 5.91 Å². The number of anilines is 1. The number of aliphatic carboxylic acids is 1. The number of aromatic amines is 1. The molecule has 1 amide bonds. The predicted octanol–water partition coefficient (Wildman–Crippen LogP) is 2.59. The van der Waals surface area contributed by atoms with Gasteiger partial charge in [-0.3, -0.25) is 4.79 Å². The number of H-pyrrole nitrogens is 1. The van der Waals surface area contributed by atoms with E-state index in [0.717, 1.165) is 44.8 Å². The molecule has 1 atom stereocenters. The molecule has 2 fully saturated rings. The van der Waals surface area contributed by atoms with Crippen molar-refractivity contribution in [3.8, 4) is 0 Å². The van der Waals surface area contributed by atoms with Crippen LogP contribution in [0.15, 0.2) is 36.8 Å². The number of likely N-dealkylation sites (tertiary alicyclic amines) is 1. The largest absolute Gasteiger partial charge is 0.490 e. The number of carbonyl (C=O) groups is 2. The van der Waals surface area contributed by atoms with Crippen LogP contribution in [0.4, 0.5) is 19.1 Å². The Kier molecular flexibility index (Phi) is 7.57. The van der Waals surface area contributed by atoms with Gasteiger partial charge in [0, 0.05) is 45.3 Å². The number of nitrogens with one attached hydrogen (secondary N) is 1. The lowest BCUT2D eigenvalue weighted by atomic mass is 9.76. The van der Waals surface area contributed by atoms with Crippen molar-refractivity contribution in [3.05, 3.63) is 42.5 Å². The summed E-state index contributed by atoms with van der Waals surface area (Å²) in [5.74, 6) is -1.89. The van der Waals surface area contributed by atoms with E-state index in [1.165, 1.54) is 0 Å². The minimum absolute atomic E-state index is 0.0968. The van der Waals surface area contributed by atoms with Crippen molar-refractivity contribution in [2.24, 2.45) is 5.41 Å². The maximum absolute atomic E-state index is 12.6. The fraction of sp³-hybridized carbons (Fsp3) is 0.524. The molecule has 12 heteroatoms. The lowest BCUT2D eigenvalue weighted by molar-refractivity contribution is -0.192. The van der Waals surface area contributed by atoms with Crippen LogP contribution in [0.25, 0.3) is 0 Å². The number of hydrogen-bond acceptors (Lipinski definition) is 6. The van der Waals surface area contributed by atoms with Gasteiger partial charge in [-0.05, 0) is 42.9 Å². The molecule has 2 aromatic heterocycles. The molecular formula is C21H26F3N5O4. The van der Waals surface area contributed by atoms with Gasteiger partial charge < -0.3 is 24.6 Å². The summed E-state index contributed by atoms with van der Waals surface area (Å²) in [5, 5.41) is 7.12. The molecule has 0 aliphatic carbocycles. The molecule has 1 spiro atoms. The third-order valence-electron chi connectivity index (χ3n) is 5.97.